The topological polar surface area (TPSA) is 9.23 Å². The van der Waals surface area contributed by atoms with Crippen molar-refractivity contribution in [1.29, 1.82) is 0 Å². The molecule has 2 unspecified atom stereocenters. The summed E-state index contributed by atoms with van der Waals surface area (Å²) >= 11 is 2.40. The van der Waals surface area contributed by atoms with Gasteiger partial charge in [-0.3, -0.25) is 0 Å². The van der Waals surface area contributed by atoms with Crippen LogP contribution in [0.1, 0.15) is 23.5 Å². The summed E-state index contributed by atoms with van der Waals surface area (Å²) in [5.74, 6) is 0.621. The lowest BCUT2D eigenvalue weighted by Gasteiger charge is -2.08. The van der Waals surface area contributed by atoms with Gasteiger partial charge < -0.3 is 4.74 Å². The Hall–Kier alpha value is -0.0900. The van der Waals surface area contributed by atoms with Crippen molar-refractivity contribution < 1.29 is 4.74 Å². The molecule has 1 aliphatic heterocycles. The summed E-state index contributed by atoms with van der Waals surface area (Å²) in [6, 6.07) is 8.84. The van der Waals surface area contributed by atoms with Crippen LogP contribution in [0.4, 0.5) is 0 Å². The minimum atomic E-state index is 0.474. The molecule has 1 nitrogen and oxygen atoms in total. The fourth-order valence-corrected chi connectivity index (χ4v) is 2.50. The fraction of sp³-hybridized carbons (Fsp3) is 0.500. The number of alkyl halides is 1. The molecule has 0 N–H and O–H groups in total. The lowest BCUT2D eigenvalue weighted by Crippen LogP contribution is -2.05. The second kappa shape index (κ2) is 4.62. The predicted octanol–water partition coefficient (Wildman–Crippen LogP) is 3.30. The van der Waals surface area contributed by atoms with Gasteiger partial charge in [0.2, 0.25) is 0 Å². The summed E-state index contributed by atoms with van der Waals surface area (Å²) < 4.78 is 6.80. The third-order valence-electron chi connectivity index (χ3n) is 2.80. The molecule has 0 saturated carbocycles. The van der Waals surface area contributed by atoms with Gasteiger partial charge in [0.05, 0.1) is 12.7 Å². The smallest absolute Gasteiger partial charge is 0.0671 e. The van der Waals surface area contributed by atoms with Gasteiger partial charge in [0.15, 0.2) is 0 Å². The first kappa shape index (κ1) is 10.4. The highest BCUT2D eigenvalue weighted by atomic mass is 127. The average molecular weight is 302 g/mol. The Labute approximate surface area is 99.0 Å². The summed E-state index contributed by atoms with van der Waals surface area (Å²) in [5.41, 5.74) is 2.76. The van der Waals surface area contributed by atoms with Crippen LogP contribution in [0.25, 0.3) is 0 Å². The third-order valence-corrected chi connectivity index (χ3v) is 3.78. The standard InChI is InChI=1S/C12H15IO/c1-9-2-4-10(5-3-9)11-6-12(7-13)14-8-11/h2-5,11-12H,6-8H2,1H3. The Bertz CT molecular complexity index is 294. The van der Waals surface area contributed by atoms with Gasteiger partial charge in [0.25, 0.3) is 0 Å². The molecule has 14 heavy (non-hydrogen) atoms. The molecule has 1 fully saturated rings. The van der Waals surface area contributed by atoms with Crippen molar-refractivity contribution in [3.8, 4) is 0 Å². The minimum absolute atomic E-state index is 0.474. The number of hydrogen-bond donors (Lipinski definition) is 0. The highest BCUT2D eigenvalue weighted by Crippen LogP contribution is 2.30. The molecule has 2 atom stereocenters. The average Bonchev–Trinajstić information content (AvgIpc) is 2.67. The van der Waals surface area contributed by atoms with E-state index in [1.54, 1.807) is 0 Å². The lowest BCUT2D eigenvalue weighted by atomic mass is 9.96. The van der Waals surface area contributed by atoms with Gasteiger partial charge in [-0.15, -0.1) is 0 Å². The summed E-state index contributed by atoms with van der Waals surface area (Å²) in [5, 5.41) is 0. The van der Waals surface area contributed by atoms with Crippen LogP contribution in [-0.4, -0.2) is 17.1 Å². The maximum Gasteiger partial charge on any atom is 0.0671 e. The molecule has 1 aliphatic rings. The van der Waals surface area contributed by atoms with Crippen molar-refractivity contribution in [1.82, 2.24) is 0 Å². The fourth-order valence-electron chi connectivity index (χ4n) is 1.88. The van der Waals surface area contributed by atoms with Gasteiger partial charge in [-0.2, -0.15) is 0 Å². The van der Waals surface area contributed by atoms with E-state index in [2.05, 4.69) is 53.8 Å². The van der Waals surface area contributed by atoms with E-state index in [0.29, 0.717) is 12.0 Å². The Morgan fingerprint density at radius 3 is 2.64 bits per heavy atom. The molecule has 2 heteroatoms. The molecule has 1 heterocycles. The van der Waals surface area contributed by atoms with Crippen LogP contribution >= 0.6 is 22.6 Å². The van der Waals surface area contributed by atoms with Gasteiger partial charge >= 0.3 is 0 Å². The van der Waals surface area contributed by atoms with Crippen molar-refractivity contribution in [3.63, 3.8) is 0 Å². The number of halogens is 1. The van der Waals surface area contributed by atoms with E-state index in [4.69, 9.17) is 4.74 Å². The quantitative estimate of drug-likeness (QED) is 0.601. The largest absolute Gasteiger partial charge is 0.377 e. The number of aryl methyl sites for hydroxylation is 1. The molecule has 76 valence electrons. The van der Waals surface area contributed by atoms with Gasteiger partial charge in [0, 0.05) is 10.3 Å². The van der Waals surface area contributed by atoms with Crippen molar-refractivity contribution in [3.05, 3.63) is 35.4 Å². The van der Waals surface area contributed by atoms with Crippen molar-refractivity contribution in [2.24, 2.45) is 0 Å². The minimum Gasteiger partial charge on any atom is -0.377 e. The van der Waals surface area contributed by atoms with E-state index < -0.39 is 0 Å². The van der Waals surface area contributed by atoms with Gasteiger partial charge in [-0.1, -0.05) is 52.4 Å². The predicted molar refractivity (Wildman–Crippen MR) is 67.2 cm³/mol. The van der Waals surface area contributed by atoms with Crippen LogP contribution in [0.3, 0.4) is 0 Å². The second-order valence-corrected chi connectivity index (χ2v) is 4.83. The summed E-state index contributed by atoms with van der Waals surface area (Å²) in [6.07, 6.45) is 1.66. The molecular weight excluding hydrogens is 287 g/mol. The van der Waals surface area contributed by atoms with Crippen LogP contribution in [0.15, 0.2) is 24.3 Å². The van der Waals surface area contributed by atoms with Crippen molar-refractivity contribution in [2.75, 3.05) is 11.0 Å². The Morgan fingerprint density at radius 2 is 2.07 bits per heavy atom. The Morgan fingerprint density at radius 1 is 1.36 bits per heavy atom. The zero-order valence-electron chi connectivity index (χ0n) is 8.37. The van der Waals surface area contributed by atoms with Crippen LogP contribution < -0.4 is 0 Å². The van der Waals surface area contributed by atoms with E-state index in [9.17, 15) is 0 Å². The number of rotatable bonds is 2. The van der Waals surface area contributed by atoms with Gasteiger partial charge in [-0.25, -0.2) is 0 Å². The Kier molecular flexibility index (Phi) is 3.44. The van der Waals surface area contributed by atoms with Crippen molar-refractivity contribution >= 4 is 22.6 Å². The van der Waals surface area contributed by atoms with Gasteiger partial charge in [-0.05, 0) is 18.9 Å². The Balaban J connectivity index is 2.06. The van der Waals surface area contributed by atoms with E-state index in [1.165, 1.54) is 17.5 Å². The second-order valence-electron chi connectivity index (χ2n) is 3.95. The molecule has 0 aliphatic carbocycles. The van der Waals surface area contributed by atoms with E-state index in [-0.39, 0.29) is 0 Å². The van der Waals surface area contributed by atoms with E-state index in [0.717, 1.165) is 11.0 Å². The molecule has 2 rings (SSSR count). The molecule has 1 aromatic carbocycles. The molecule has 0 amide bonds. The summed E-state index contributed by atoms with van der Waals surface area (Å²) in [6.45, 7) is 3.03. The molecule has 0 spiro atoms. The first-order valence-corrected chi connectivity index (χ1v) is 6.56. The molecule has 1 saturated heterocycles. The summed E-state index contributed by atoms with van der Waals surface area (Å²) in [4.78, 5) is 0. The van der Waals surface area contributed by atoms with Crippen LogP contribution in [-0.2, 0) is 4.74 Å². The normalized spacial score (nSPS) is 26.7. The highest BCUT2D eigenvalue weighted by molar-refractivity contribution is 14.1. The third kappa shape index (κ3) is 2.28. The molecule has 0 aromatic heterocycles. The van der Waals surface area contributed by atoms with E-state index in [1.807, 2.05) is 0 Å². The van der Waals surface area contributed by atoms with Gasteiger partial charge in [0.1, 0.15) is 0 Å². The maximum absolute atomic E-state index is 5.69. The summed E-state index contributed by atoms with van der Waals surface area (Å²) in [7, 11) is 0. The van der Waals surface area contributed by atoms with Crippen LogP contribution in [0, 0.1) is 6.92 Å². The molecule has 0 radical (unpaired) electrons. The van der Waals surface area contributed by atoms with Crippen LogP contribution in [0.2, 0.25) is 0 Å². The first-order chi connectivity index (χ1) is 6.79. The molecule has 1 aromatic rings. The highest BCUT2D eigenvalue weighted by Gasteiger charge is 2.25. The number of ether oxygens (including phenoxy) is 1. The number of hydrogen-bond acceptors (Lipinski definition) is 1. The maximum atomic E-state index is 5.69. The monoisotopic (exact) mass is 302 g/mol. The molecule has 0 bridgehead atoms. The van der Waals surface area contributed by atoms with Crippen LogP contribution in [0.5, 0.6) is 0 Å². The zero-order chi connectivity index (χ0) is 9.97. The zero-order valence-corrected chi connectivity index (χ0v) is 10.5. The van der Waals surface area contributed by atoms with E-state index >= 15 is 0 Å². The number of benzene rings is 1. The lowest BCUT2D eigenvalue weighted by molar-refractivity contribution is 0.129. The molecular formula is C12H15IO. The van der Waals surface area contributed by atoms with Crippen molar-refractivity contribution in [2.45, 2.75) is 25.4 Å². The SMILES string of the molecule is Cc1ccc(C2COC(CI)C2)cc1. The first-order valence-electron chi connectivity index (χ1n) is 5.03.